The lowest BCUT2D eigenvalue weighted by Gasteiger charge is -2.08. The summed E-state index contributed by atoms with van der Waals surface area (Å²) in [4.78, 5) is 23.2. The van der Waals surface area contributed by atoms with Crippen LogP contribution in [0.5, 0.6) is 0 Å². The summed E-state index contributed by atoms with van der Waals surface area (Å²) in [5.74, 6) is -0.288. The summed E-state index contributed by atoms with van der Waals surface area (Å²) in [6.07, 6.45) is 1.61. The van der Waals surface area contributed by atoms with E-state index in [1.165, 1.54) is 0 Å². The van der Waals surface area contributed by atoms with Crippen LogP contribution >= 0.6 is 0 Å². The maximum Gasteiger partial charge on any atom is 0.267 e. The number of hydrogen-bond donors (Lipinski definition) is 2. The van der Waals surface area contributed by atoms with Gasteiger partial charge in [0.15, 0.2) is 5.43 Å². The number of nitrogens with zero attached hydrogens (tertiary/aromatic N) is 1. The molecular formula is C14H13N3O2. The zero-order chi connectivity index (χ0) is 13.8. The number of benzene rings is 1. The van der Waals surface area contributed by atoms with E-state index < -0.39 is 0 Å². The van der Waals surface area contributed by atoms with E-state index in [1.54, 1.807) is 25.1 Å². The first-order chi connectivity index (χ1) is 9.19. The highest BCUT2D eigenvalue weighted by Crippen LogP contribution is 2.19. The average molecular weight is 255 g/mol. The lowest BCUT2D eigenvalue weighted by Crippen LogP contribution is -2.31. The van der Waals surface area contributed by atoms with Gasteiger partial charge in [0.1, 0.15) is 6.54 Å². The number of carbonyl (C=O) groups excluding carboxylic acids is 1. The molecule has 19 heavy (non-hydrogen) atoms. The third-order valence-electron chi connectivity index (χ3n) is 2.89. The summed E-state index contributed by atoms with van der Waals surface area (Å²) < 4.78 is 0. The molecule has 2 aromatic carbocycles. The van der Waals surface area contributed by atoms with Gasteiger partial charge in [0, 0.05) is 17.3 Å². The maximum atomic E-state index is 11.8. The van der Waals surface area contributed by atoms with Crippen LogP contribution in [0.4, 0.5) is 0 Å². The Kier molecular flexibility index (Phi) is 3.62. The Hall–Kier alpha value is -2.61. The molecule has 2 rings (SSSR count). The van der Waals surface area contributed by atoms with Crippen molar-refractivity contribution < 1.29 is 4.79 Å². The van der Waals surface area contributed by atoms with Crippen LogP contribution in [0.3, 0.4) is 0 Å². The first kappa shape index (κ1) is 12.8. The topological polar surface area (TPSA) is 82.0 Å². The van der Waals surface area contributed by atoms with Crippen LogP contribution in [0.1, 0.15) is 12.5 Å². The van der Waals surface area contributed by atoms with Crippen LogP contribution in [0.15, 0.2) is 34.8 Å². The van der Waals surface area contributed by atoms with Crippen LogP contribution in [-0.2, 0) is 11.3 Å². The third-order valence-corrected chi connectivity index (χ3v) is 2.89. The zero-order valence-electron chi connectivity index (χ0n) is 10.5. The molecule has 0 heterocycles. The van der Waals surface area contributed by atoms with Crippen LogP contribution in [0, 0.1) is 11.3 Å². The Morgan fingerprint density at radius 1 is 1.42 bits per heavy atom. The molecule has 0 bridgehead atoms. The van der Waals surface area contributed by atoms with E-state index in [0.29, 0.717) is 12.2 Å². The largest absolute Gasteiger partial charge is 0.368 e. The van der Waals surface area contributed by atoms with Gasteiger partial charge in [-0.1, -0.05) is 24.3 Å². The molecule has 0 unspecified atom stereocenters. The number of amides is 1. The highest BCUT2D eigenvalue weighted by molar-refractivity contribution is 6.00. The summed E-state index contributed by atoms with van der Waals surface area (Å²) in [5, 5.41) is 15.4. The molecular weight excluding hydrogens is 242 g/mol. The highest BCUT2D eigenvalue weighted by Gasteiger charge is 2.16. The number of allylic oxidation sites excluding steroid dienone is 1. The van der Waals surface area contributed by atoms with E-state index in [1.807, 2.05) is 12.1 Å². The van der Waals surface area contributed by atoms with Gasteiger partial charge in [-0.3, -0.25) is 9.59 Å². The number of fused-ring (bicyclic) bond motifs is 1. The minimum Gasteiger partial charge on any atom is -0.368 e. The Labute approximate surface area is 110 Å². The summed E-state index contributed by atoms with van der Waals surface area (Å²) in [6.45, 7) is 2.10. The fraction of sp³-hybridized carbons (Fsp3) is 0.214. The predicted molar refractivity (Wildman–Crippen MR) is 71.8 cm³/mol. The Bertz CT molecular complexity index is 700. The first-order valence-corrected chi connectivity index (χ1v) is 5.91. The van der Waals surface area contributed by atoms with Gasteiger partial charge in [0.2, 0.25) is 0 Å². The van der Waals surface area contributed by atoms with Crippen molar-refractivity contribution in [1.29, 1.82) is 5.26 Å². The Morgan fingerprint density at radius 2 is 2.21 bits per heavy atom. The quantitative estimate of drug-likeness (QED) is 0.609. The van der Waals surface area contributed by atoms with E-state index >= 15 is 0 Å². The molecule has 0 fully saturated rings. The number of hydrogen-bond acceptors (Lipinski definition) is 4. The van der Waals surface area contributed by atoms with Gasteiger partial charge in [-0.25, -0.2) is 0 Å². The molecule has 96 valence electrons. The van der Waals surface area contributed by atoms with Gasteiger partial charge >= 0.3 is 0 Å². The van der Waals surface area contributed by atoms with E-state index in [-0.39, 0.29) is 17.9 Å². The zero-order valence-corrected chi connectivity index (χ0v) is 10.5. The molecule has 2 aromatic rings. The van der Waals surface area contributed by atoms with Gasteiger partial charge < -0.3 is 10.6 Å². The molecule has 0 aliphatic heterocycles. The minimum atomic E-state index is -0.288. The van der Waals surface area contributed by atoms with E-state index in [0.717, 1.165) is 16.3 Å². The fourth-order valence-electron chi connectivity index (χ4n) is 1.87. The van der Waals surface area contributed by atoms with Gasteiger partial charge in [-0.2, -0.15) is 5.26 Å². The molecule has 0 radical (unpaired) electrons. The van der Waals surface area contributed by atoms with Crippen molar-refractivity contribution in [3.63, 3.8) is 0 Å². The van der Waals surface area contributed by atoms with Crippen molar-refractivity contribution in [2.45, 2.75) is 13.5 Å². The molecule has 0 saturated carbocycles. The van der Waals surface area contributed by atoms with E-state index in [2.05, 4.69) is 10.6 Å². The summed E-state index contributed by atoms with van der Waals surface area (Å²) in [7, 11) is 0. The summed E-state index contributed by atoms with van der Waals surface area (Å²) in [6, 6.07) is 7.30. The van der Waals surface area contributed by atoms with Crippen molar-refractivity contribution in [2.75, 3.05) is 6.54 Å². The van der Waals surface area contributed by atoms with Gasteiger partial charge in [0.05, 0.1) is 11.8 Å². The molecule has 5 heteroatoms. The molecule has 2 N–H and O–H groups in total. The Morgan fingerprint density at radius 3 is 2.89 bits per heavy atom. The fourth-order valence-corrected chi connectivity index (χ4v) is 1.87. The first-order valence-electron chi connectivity index (χ1n) is 5.91. The predicted octanol–water partition coefficient (Wildman–Crippen LogP) is 0.709. The van der Waals surface area contributed by atoms with Crippen molar-refractivity contribution in [3.8, 4) is 6.07 Å². The van der Waals surface area contributed by atoms with Gasteiger partial charge in [0.25, 0.3) is 5.91 Å². The van der Waals surface area contributed by atoms with Crippen molar-refractivity contribution in [3.05, 3.63) is 45.8 Å². The van der Waals surface area contributed by atoms with Crippen LogP contribution in [-0.4, -0.2) is 12.5 Å². The lowest BCUT2D eigenvalue weighted by atomic mass is 10.2. The molecule has 0 aromatic heterocycles. The van der Waals surface area contributed by atoms with Crippen LogP contribution in [0.25, 0.3) is 10.8 Å². The lowest BCUT2D eigenvalue weighted by molar-refractivity contribution is -0.118. The number of nitrogens with one attached hydrogen (secondary N) is 2. The molecule has 0 aliphatic carbocycles. The second-order valence-corrected chi connectivity index (χ2v) is 4.07. The van der Waals surface area contributed by atoms with Crippen LogP contribution < -0.4 is 16.1 Å². The minimum absolute atomic E-state index is 0.0584. The van der Waals surface area contributed by atoms with Gasteiger partial charge in [-0.05, 0) is 12.5 Å². The molecule has 0 spiro atoms. The van der Waals surface area contributed by atoms with Gasteiger partial charge in [-0.15, -0.1) is 0 Å². The molecule has 0 saturated heterocycles. The van der Waals surface area contributed by atoms with E-state index in [4.69, 9.17) is 5.26 Å². The van der Waals surface area contributed by atoms with Crippen molar-refractivity contribution >= 4 is 16.7 Å². The second-order valence-electron chi connectivity index (χ2n) is 4.07. The normalized spacial score (nSPS) is 11.5. The average Bonchev–Trinajstić information content (AvgIpc) is 3.09. The maximum absolute atomic E-state index is 11.8. The van der Waals surface area contributed by atoms with Crippen molar-refractivity contribution in [1.82, 2.24) is 10.6 Å². The number of rotatable bonds is 5. The summed E-state index contributed by atoms with van der Waals surface area (Å²) in [5.41, 5.74) is 1.24. The highest BCUT2D eigenvalue weighted by atomic mass is 16.2. The monoisotopic (exact) mass is 255 g/mol. The third kappa shape index (κ3) is 2.63. The van der Waals surface area contributed by atoms with Crippen LogP contribution in [0.2, 0.25) is 0 Å². The molecule has 5 nitrogen and oxygen atoms in total. The molecule has 0 aliphatic rings. The second kappa shape index (κ2) is 5.36. The SMILES string of the molecule is C/C=C(/NCC#N)C(=O)NCc1cccc2c(=O)c12. The Balaban J connectivity index is 1.98. The number of carbonyl (C=O) groups is 1. The summed E-state index contributed by atoms with van der Waals surface area (Å²) >= 11 is 0. The molecule has 1 amide bonds. The standard InChI is InChI=1S/C14H13N3O2/c1-2-11(16-7-6-15)14(19)17-8-9-4-3-5-10-12(9)13(10)18/h2-5,16H,7-8H2,1H3,(H,17,19)/b11-2+. The molecule has 0 atom stereocenters. The number of nitriles is 1. The van der Waals surface area contributed by atoms with E-state index in [9.17, 15) is 9.59 Å². The smallest absolute Gasteiger partial charge is 0.267 e. The van der Waals surface area contributed by atoms with Crippen molar-refractivity contribution in [2.24, 2.45) is 0 Å².